The molecule has 0 aliphatic carbocycles. The third kappa shape index (κ3) is 3.40. The van der Waals surface area contributed by atoms with E-state index in [2.05, 4.69) is 0 Å². The van der Waals surface area contributed by atoms with Crippen molar-refractivity contribution in [2.45, 2.75) is 30.7 Å². The third-order valence-electron chi connectivity index (χ3n) is 3.78. The van der Waals surface area contributed by atoms with Crippen molar-refractivity contribution < 1.29 is 21.6 Å². The summed E-state index contributed by atoms with van der Waals surface area (Å²) in [6.45, 7) is 2.25. The molecular weight excluding hydrogens is 341 g/mol. The van der Waals surface area contributed by atoms with Crippen LogP contribution in [0.15, 0.2) is 17.0 Å². The summed E-state index contributed by atoms with van der Waals surface area (Å²) in [7, 11) is -4.24. The van der Waals surface area contributed by atoms with Crippen LogP contribution in [0.25, 0.3) is 0 Å². The van der Waals surface area contributed by atoms with E-state index in [1.54, 1.807) is 0 Å². The fourth-order valence-electron chi connectivity index (χ4n) is 2.59. The van der Waals surface area contributed by atoms with E-state index < -0.39 is 38.4 Å². The zero-order valence-electron chi connectivity index (χ0n) is 11.9. The Balaban J connectivity index is 0.00000242. The summed E-state index contributed by atoms with van der Waals surface area (Å²) in [4.78, 5) is -0.852. The second kappa shape index (κ2) is 7.16. The molecule has 2 unspecified atom stereocenters. The average molecular weight is 359 g/mol. The van der Waals surface area contributed by atoms with Gasteiger partial charge in [0.25, 0.3) is 0 Å². The van der Waals surface area contributed by atoms with Crippen molar-refractivity contribution >= 4 is 22.4 Å². The number of hydrogen-bond donors (Lipinski definition) is 1. The van der Waals surface area contributed by atoms with Crippen molar-refractivity contribution in [2.24, 2.45) is 11.7 Å². The highest BCUT2D eigenvalue weighted by atomic mass is 35.5. The molecule has 1 aromatic rings. The van der Waals surface area contributed by atoms with E-state index in [4.69, 9.17) is 5.73 Å². The Kier molecular flexibility index (Phi) is 6.26. The molecule has 1 heterocycles. The molecule has 1 fully saturated rings. The van der Waals surface area contributed by atoms with Gasteiger partial charge >= 0.3 is 0 Å². The SMILES string of the molecule is CC1CCN(S(=O)(=O)c2ccc(F)c(F)c2F)C(CN)C1.Cl. The number of rotatable bonds is 3. The van der Waals surface area contributed by atoms with Gasteiger partial charge in [-0.2, -0.15) is 4.31 Å². The van der Waals surface area contributed by atoms with Crippen LogP contribution in [0.4, 0.5) is 13.2 Å². The van der Waals surface area contributed by atoms with Crippen molar-refractivity contribution in [1.82, 2.24) is 4.31 Å². The maximum Gasteiger partial charge on any atom is 0.246 e. The maximum absolute atomic E-state index is 13.8. The Morgan fingerprint density at radius 2 is 1.91 bits per heavy atom. The first-order valence-electron chi connectivity index (χ1n) is 6.64. The normalized spacial score (nSPS) is 23.1. The Labute approximate surface area is 133 Å². The van der Waals surface area contributed by atoms with Crippen LogP contribution in [-0.2, 0) is 10.0 Å². The Hall–Kier alpha value is -0.830. The topological polar surface area (TPSA) is 63.4 Å². The first-order valence-corrected chi connectivity index (χ1v) is 8.08. The number of halogens is 4. The quantitative estimate of drug-likeness (QED) is 0.843. The van der Waals surface area contributed by atoms with Gasteiger partial charge in [0.15, 0.2) is 17.5 Å². The minimum atomic E-state index is -4.24. The molecule has 1 aromatic carbocycles. The highest BCUT2D eigenvalue weighted by Crippen LogP contribution is 2.30. The van der Waals surface area contributed by atoms with Crippen LogP contribution < -0.4 is 5.73 Å². The molecule has 0 saturated carbocycles. The molecule has 0 aromatic heterocycles. The molecule has 1 aliphatic rings. The van der Waals surface area contributed by atoms with E-state index in [1.165, 1.54) is 0 Å². The summed E-state index contributed by atoms with van der Waals surface area (Å²) in [5.74, 6) is -4.59. The lowest BCUT2D eigenvalue weighted by Crippen LogP contribution is -2.49. The number of sulfonamides is 1. The van der Waals surface area contributed by atoms with Gasteiger partial charge in [0.1, 0.15) is 4.90 Å². The van der Waals surface area contributed by atoms with E-state index in [9.17, 15) is 21.6 Å². The van der Waals surface area contributed by atoms with Crippen molar-refractivity contribution in [1.29, 1.82) is 0 Å². The Bertz CT molecular complexity index is 642. The van der Waals surface area contributed by atoms with E-state index in [0.717, 1.165) is 10.4 Å². The Morgan fingerprint density at radius 3 is 2.50 bits per heavy atom. The van der Waals surface area contributed by atoms with E-state index in [1.807, 2.05) is 6.92 Å². The first-order chi connectivity index (χ1) is 9.78. The molecule has 126 valence electrons. The lowest BCUT2D eigenvalue weighted by Gasteiger charge is -2.36. The van der Waals surface area contributed by atoms with Crippen LogP contribution in [-0.4, -0.2) is 31.9 Å². The van der Waals surface area contributed by atoms with E-state index >= 15 is 0 Å². The fraction of sp³-hybridized carbons (Fsp3) is 0.538. The summed E-state index contributed by atoms with van der Waals surface area (Å²) in [5.41, 5.74) is 5.59. The molecule has 0 amide bonds. The zero-order valence-corrected chi connectivity index (χ0v) is 13.6. The van der Waals surface area contributed by atoms with E-state index in [-0.39, 0.29) is 25.5 Å². The largest absolute Gasteiger partial charge is 0.329 e. The number of nitrogens with two attached hydrogens (primary N) is 1. The first kappa shape index (κ1) is 19.2. The molecule has 0 spiro atoms. The minimum Gasteiger partial charge on any atom is -0.329 e. The molecule has 2 atom stereocenters. The lowest BCUT2D eigenvalue weighted by molar-refractivity contribution is 0.210. The van der Waals surface area contributed by atoms with Crippen LogP contribution in [0, 0.1) is 23.4 Å². The predicted molar refractivity (Wildman–Crippen MR) is 78.7 cm³/mol. The van der Waals surface area contributed by atoms with Crippen LogP contribution in [0.1, 0.15) is 19.8 Å². The number of benzene rings is 1. The van der Waals surface area contributed by atoms with Crippen LogP contribution in [0.2, 0.25) is 0 Å². The van der Waals surface area contributed by atoms with Gasteiger partial charge in [0.2, 0.25) is 10.0 Å². The molecule has 1 aliphatic heterocycles. The second-order valence-electron chi connectivity index (χ2n) is 5.31. The zero-order chi connectivity index (χ0) is 15.8. The van der Waals surface area contributed by atoms with Crippen molar-refractivity contribution in [3.8, 4) is 0 Å². The van der Waals surface area contributed by atoms with Gasteiger partial charge in [0.05, 0.1) is 0 Å². The molecule has 2 N–H and O–H groups in total. The van der Waals surface area contributed by atoms with Gasteiger partial charge in [0, 0.05) is 19.1 Å². The van der Waals surface area contributed by atoms with Gasteiger partial charge in [-0.1, -0.05) is 6.92 Å². The second-order valence-corrected chi connectivity index (χ2v) is 7.17. The van der Waals surface area contributed by atoms with Crippen LogP contribution in [0.5, 0.6) is 0 Å². The summed E-state index contributed by atoms with van der Waals surface area (Å²) in [5, 5.41) is 0. The maximum atomic E-state index is 13.8. The summed E-state index contributed by atoms with van der Waals surface area (Å²) in [6, 6.07) is 0.885. The van der Waals surface area contributed by atoms with Crippen LogP contribution in [0.3, 0.4) is 0 Å². The third-order valence-corrected chi connectivity index (χ3v) is 5.75. The lowest BCUT2D eigenvalue weighted by atomic mass is 9.94. The van der Waals surface area contributed by atoms with Gasteiger partial charge in [-0.25, -0.2) is 21.6 Å². The molecular formula is C13H18ClF3N2O2S. The molecule has 0 bridgehead atoms. The highest BCUT2D eigenvalue weighted by Gasteiger charge is 2.37. The van der Waals surface area contributed by atoms with E-state index in [0.29, 0.717) is 24.8 Å². The molecule has 22 heavy (non-hydrogen) atoms. The summed E-state index contributed by atoms with van der Waals surface area (Å²) >= 11 is 0. The minimum absolute atomic E-state index is 0. The fourth-order valence-corrected chi connectivity index (χ4v) is 4.31. The van der Waals surface area contributed by atoms with Gasteiger partial charge in [-0.15, -0.1) is 12.4 Å². The molecule has 9 heteroatoms. The number of hydrogen-bond acceptors (Lipinski definition) is 3. The average Bonchev–Trinajstić information content (AvgIpc) is 2.44. The molecule has 0 radical (unpaired) electrons. The standard InChI is InChI=1S/C13H17F3N2O2S.ClH/c1-8-4-5-18(9(6-8)7-17)21(19,20)11-3-2-10(14)12(15)13(11)16;/h2-3,8-9H,4-7,17H2,1H3;1H. The van der Waals surface area contributed by atoms with Crippen LogP contribution >= 0.6 is 12.4 Å². The monoisotopic (exact) mass is 358 g/mol. The number of piperidine rings is 1. The van der Waals surface area contributed by atoms with Gasteiger partial charge in [-0.05, 0) is 30.9 Å². The van der Waals surface area contributed by atoms with Crippen molar-refractivity contribution in [2.75, 3.05) is 13.1 Å². The summed E-state index contributed by atoms with van der Waals surface area (Å²) < 4.78 is 66.0. The molecule has 4 nitrogen and oxygen atoms in total. The highest BCUT2D eigenvalue weighted by molar-refractivity contribution is 7.89. The summed E-state index contributed by atoms with van der Waals surface area (Å²) in [6.07, 6.45) is 1.17. The van der Waals surface area contributed by atoms with Crippen molar-refractivity contribution in [3.63, 3.8) is 0 Å². The van der Waals surface area contributed by atoms with Gasteiger partial charge < -0.3 is 5.73 Å². The number of nitrogens with zero attached hydrogens (tertiary/aromatic N) is 1. The van der Waals surface area contributed by atoms with Gasteiger partial charge in [-0.3, -0.25) is 0 Å². The molecule has 1 saturated heterocycles. The smallest absolute Gasteiger partial charge is 0.246 e. The predicted octanol–water partition coefficient (Wildman–Crippen LogP) is 2.27. The van der Waals surface area contributed by atoms with Crippen molar-refractivity contribution in [3.05, 3.63) is 29.6 Å². The Morgan fingerprint density at radius 1 is 1.27 bits per heavy atom. The molecule has 2 rings (SSSR count).